The molecular formula is C48H38BNO2S. The fraction of sp³-hybridized carbons (Fsp3) is 0.167. The molecule has 0 N–H and O–H groups in total. The number of aromatic nitrogens is 1. The largest absolute Gasteiger partial charge is 0.458 e. The molecule has 0 radical (unpaired) electrons. The number of benzene rings is 7. The van der Waals surface area contributed by atoms with Crippen LogP contribution in [0.4, 0.5) is 0 Å². The van der Waals surface area contributed by atoms with Gasteiger partial charge in [-0.1, -0.05) is 120 Å². The van der Waals surface area contributed by atoms with Crippen molar-refractivity contribution in [2.75, 3.05) is 0 Å². The average molecular weight is 704 g/mol. The quantitative estimate of drug-likeness (QED) is 0.159. The van der Waals surface area contributed by atoms with Gasteiger partial charge in [0, 0.05) is 36.4 Å². The first kappa shape index (κ1) is 31.1. The Hall–Kier alpha value is -5.52. The molecule has 11 rings (SSSR count). The third-order valence-corrected chi connectivity index (χ3v) is 12.7. The average Bonchev–Trinajstić information content (AvgIpc) is 3.68. The third kappa shape index (κ3) is 4.35. The van der Waals surface area contributed by atoms with Crippen LogP contribution in [0.2, 0.25) is 0 Å². The normalized spacial score (nSPS) is 13.7. The first-order valence-electron chi connectivity index (χ1n) is 18.6. The van der Waals surface area contributed by atoms with Crippen molar-refractivity contribution >= 4 is 87.2 Å². The van der Waals surface area contributed by atoms with Gasteiger partial charge in [-0.3, -0.25) is 0 Å². The van der Waals surface area contributed by atoms with Crippen LogP contribution in [0, 0.1) is 0 Å². The van der Waals surface area contributed by atoms with E-state index in [0.29, 0.717) is 0 Å². The Morgan fingerprint density at radius 3 is 2.02 bits per heavy atom. The first-order chi connectivity index (χ1) is 25.5. The second-order valence-electron chi connectivity index (χ2n) is 16.9. The maximum Gasteiger partial charge on any atom is 0.260 e. The standard InChI is InChI=1S/C48H38BNO2S/c1-47(2,3)28-20-22-37-33(23-28)49-34-26-41-43(32-16-10-12-18-40(32)53-41)45(46(34)52-39-25-29(48(4,5)6)24-38(51-37)44(39)49)50-35-17-11-9-15-31(35)42-30-14-8-7-13-27(30)19-21-36(42)50/h7-26H,1-6H3. The van der Waals surface area contributed by atoms with E-state index in [1.54, 1.807) is 0 Å². The molecule has 256 valence electrons. The maximum atomic E-state index is 7.44. The first-order valence-corrected chi connectivity index (χ1v) is 19.4. The summed E-state index contributed by atoms with van der Waals surface area (Å²) in [7, 11) is 0. The Morgan fingerprint density at radius 2 is 1.23 bits per heavy atom. The summed E-state index contributed by atoms with van der Waals surface area (Å²) in [4.78, 5) is 0. The molecule has 0 aliphatic carbocycles. The highest BCUT2D eigenvalue weighted by Crippen LogP contribution is 2.48. The van der Waals surface area contributed by atoms with Crippen LogP contribution in [-0.2, 0) is 10.8 Å². The van der Waals surface area contributed by atoms with E-state index in [1.165, 1.54) is 74.8 Å². The summed E-state index contributed by atoms with van der Waals surface area (Å²) in [5.74, 6) is 3.60. The zero-order valence-corrected chi connectivity index (χ0v) is 31.6. The van der Waals surface area contributed by atoms with Crippen LogP contribution >= 0.6 is 11.3 Å². The van der Waals surface area contributed by atoms with Crippen LogP contribution in [0.25, 0.3) is 58.4 Å². The second-order valence-corrected chi connectivity index (χ2v) is 18.0. The van der Waals surface area contributed by atoms with Crippen LogP contribution in [-0.4, -0.2) is 11.3 Å². The van der Waals surface area contributed by atoms with Crippen LogP contribution in [0.1, 0.15) is 52.7 Å². The highest BCUT2D eigenvalue weighted by atomic mass is 32.1. The van der Waals surface area contributed by atoms with Crippen molar-refractivity contribution in [1.29, 1.82) is 0 Å². The summed E-state index contributed by atoms with van der Waals surface area (Å²) in [6, 6.07) is 44.8. The molecule has 5 heteroatoms. The van der Waals surface area contributed by atoms with Crippen LogP contribution in [0.15, 0.2) is 121 Å². The van der Waals surface area contributed by atoms with Gasteiger partial charge >= 0.3 is 0 Å². The molecule has 0 spiro atoms. The number of thiophene rings is 1. The molecule has 0 unspecified atom stereocenters. The number of fused-ring (bicyclic) bond motifs is 12. The Labute approximate surface area is 313 Å². The van der Waals surface area contributed by atoms with Crippen molar-refractivity contribution in [1.82, 2.24) is 4.57 Å². The Morgan fingerprint density at radius 1 is 0.528 bits per heavy atom. The van der Waals surface area contributed by atoms with E-state index in [9.17, 15) is 0 Å². The molecule has 0 saturated carbocycles. The smallest absolute Gasteiger partial charge is 0.260 e. The van der Waals surface area contributed by atoms with Gasteiger partial charge in [0.1, 0.15) is 23.0 Å². The molecular weight excluding hydrogens is 665 g/mol. The predicted molar refractivity (Wildman–Crippen MR) is 226 cm³/mol. The van der Waals surface area contributed by atoms with E-state index in [2.05, 4.69) is 167 Å². The van der Waals surface area contributed by atoms with Crippen molar-refractivity contribution in [3.05, 3.63) is 132 Å². The molecule has 7 aromatic carbocycles. The van der Waals surface area contributed by atoms with Gasteiger partial charge in [0.2, 0.25) is 0 Å². The lowest BCUT2D eigenvalue weighted by Gasteiger charge is -2.36. The zero-order chi connectivity index (χ0) is 36.0. The van der Waals surface area contributed by atoms with Crippen molar-refractivity contribution < 1.29 is 9.47 Å². The molecule has 2 aliphatic heterocycles. The number of hydrogen-bond acceptors (Lipinski definition) is 3. The van der Waals surface area contributed by atoms with E-state index >= 15 is 0 Å². The third-order valence-electron chi connectivity index (χ3n) is 11.6. The van der Waals surface area contributed by atoms with E-state index in [-0.39, 0.29) is 17.5 Å². The van der Waals surface area contributed by atoms with Gasteiger partial charge < -0.3 is 14.0 Å². The van der Waals surface area contributed by atoms with Crippen LogP contribution in [0.3, 0.4) is 0 Å². The molecule has 0 bridgehead atoms. The molecule has 2 aromatic heterocycles. The summed E-state index contributed by atoms with van der Waals surface area (Å²) in [5.41, 5.74) is 9.30. The zero-order valence-electron chi connectivity index (χ0n) is 30.8. The highest BCUT2D eigenvalue weighted by molar-refractivity contribution is 7.26. The Balaban J connectivity index is 1.33. The second kappa shape index (κ2) is 10.5. The fourth-order valence-corrected chi connectivity index (χ4v) is 10.1. The van der Waals surface area contributed by atoms with E-state index in [1.807, 2.05) is 11.3 Å². The van der Waals surface area contributed by atoms with Gasteiger partial charge in [-0.15, -0.1) is 11.3 Å². The number of rotatable bonds is 1. The summed E-state index contributed by atoms with van der Waals surface area (Å²) in [6.07, 6.45) is 0. The van der Waals surface area contributed by atoms with Gasteiger partial charge in [0.15, 0.2) is 0 Å². The number of para-hydroxylation sites is 1. The topological polar surface area (TPSA) is 23.4 Å². The minimum Gasteiger partial charge on any atom is -0.458 e. The SMILES string of the molecule is CC(C)(C)c1cc2c3c(c1)Oc1c(cc4sc5ccccc5c4c1-n1c4ccccc4c4c5ccccc5ccc41)B3c1cc(C(C)(C)C)ccc1O2. The van der Waals surface area contributed by atoms with Crippen LogP contribution < -0.4 is 25.9 Å². The van der Waals surface area contributed by atoms with Gasteiger partial charge in [-0.25, -0.2) is 0 Å². The van der Waals surface area contributed by atoms with Crippen molar-refractivity contribution in [3.8, 4) is 28.7 Å². The molecule has 53 heavy (non-hydrogen) atoms. The van der Waals surface area contributed by atoms with E-state index in [4.69, 9.17) is 9.47 Å². The van der Waals surface area contributed by atoms with Crippen molar-refractivity contribution in [3.63, 3.8) is 0 Å². The molecule has 0 atom stereocenters. The van der Waals surface area contributed by atoms with Gasteiger partial charge in [0.25, 0.3) is 6.71 Å². The van der Waals surface area contributed by atoms with Gasteiger partial charge in [0.05, 0.1) is 16.7 Å². The molecule has 0 amide bonds. The maximum absolute atomic E-state index is 7.44. The van der Waals surface area contributed by atoms with Crippen molar-refractivity contribution in [2.45, 2.75) is 52.4 Å². The van der Waals surface area contributed by atoms with Crippen LogP contribution in [0.5, 0.6) is 23.0 Å². The fourth-order valence-electron chi connectivity index (χ4n) is 8.91. The minimum atomic E-state index is -0.103. The van der Waals surface area contributed by atoms with Gasteiger partial charge in [-0.2, -0.15) is 0 Å². The molecule has 2 aliphatic rings. The molecule has 9 aromatic rings. The molecule has 0 saturated heterocycles. The Bertz CT molecular complexity index is 3040. The van der Waals surface area contributed by atoms with E-state index < -0.39 is 0 Å². The molecule has 4 heterocycles. The number of ether oxygens (including phenoxy) is 2. The summed E-state index contributed by atoms with van der Waals surface area (Å²) < 4.78 is 19.3. The lowest BCUT2D eigenvalue weighted by atomic mass is 9.34. The van der Waals surface area contributed by atoms with Gasteiger partial charge in [-0.05, 0) is 86.1 Å². The Kier molecular flexibility index (Phi) is 6.18. The lowest BCUT2D eigenvalue weighted by Crippen LogP contribution is -2.58. The summed E-state index contributed by atoms with van der Waals surface area (Å²) in [5, 5.41) is 7.48. The number of nitrogens with zero attached hydrogens (tertiary/aromatic N) is 1. The number of hydrogen-bond donors (Lipinski definition) is 0. The summed E-state index contributed by atoms with van der Waals surface area (Å²) in [6.45, 7) is 13.6. The minimum absolute atomic E-state index is 0.0193. The van der Waals surface area contributed by atoms with E-state index in [0.717, 1.165) is 34.1 Å². The highest BCUT2D eigenvalue weighted by Gasteiger charge is 2.43. The summed E-state index contributed by atoms with van der Waals surface area (Å²) >= 11 is 1.87. The predicted octanol–water partition coefficient (Wildman–Crippen LogP) is 11.6. The van der Waals surface area contributed by atoms with Crippen molar-refractivity contribution in [2.24, 2.45) is 0 Å². The lowest BCUT2D eigenvalue weighted by molar-refractivity contribution is 0.457. The molecule has 0 fully saturated rings. The molecule has 3 nitrogen and oxygen atoms in total. The monoisotopic (exact) mass is 703 g/mol.